The van der Waals surface area contributed by atoms with Crippen LogP contribution in [0.5, 0.6) is 11.5 Å². The Labute approximate surface area is 158 Å². The van der Waals surface area contributed by atoms with Crippen molar-refractivity contribution < 1.29 is 22.6 Å². The number of para-hydroxylation sites is 1. The van der Waals surface area contributed by atoms with Crippen LogP contribution in [0, 0.1) is 0 Å². The van der Waals surface area contributed by atoms with Crippen LogP contribution in [-0.4, -0.2) is 29.4 Å². The summed E-state index contributed by atoms with van der Waals surface area (Å²) in [4.78, 5) is 4.15. The first-order valence-corrected chi connectivity index (χ1v) is 8.02. The van der Waals surface area contributed by atoms with Gasteiger partial charge in [0.15, 0.2) is 5.82 Å². The number of nitrogens with zero attached hydrogens (tertiary/aromatic N) is 3. The minimum absolute atomic E-state index is 0.0814. The van der Waals surface area contributed by atoms with E-state index in [1.54, 1.807) is 18.2 Å². The highest BCUT2D eigenvalue weighted by Gasteiger charge is 2.33. The molecule has 1 heterocycles. The topological polar surface area (TPSA) is 81.2 Å². The number of halogens is 3. The van der Waals surface area contributed by atoms with Gasteiger partial charge >= 0.3 is 6.18 Å². The average Bonchev–Trinajstić information content (AvgIpc) is 2.68. The van der Waals surface area contributed by atoms with E-state index in [2.05, 4.69) is 25.8 Å². The molecule has 0 spiro atoms. The zero-order chi connectivity index (χ0) is 20.1. The molecule has 0 atom stereocenters. The van der Waals surface area contributed by atoms with Gasteiger partial charge in [0.25, 0.3) is 0 Å². The molecule has 0 radical (unpaired) electrons. The fourth-order valence-electron chi connectivity index (χ4n) is 2.42. The van der Waals surface area contributed by atoms with Gasteiger partial charge in [0.05, 0.1) is 37.4 Å². The van der Waals surface area contributed by atoms with E-state index in [0.29, 0.717) is 17.2 Å². The number of benzene rings is 2. The van der Waals surface area contributed by atoms with Crippen LogP contribution in [0.2, 0.25) is 0 Å². The molecular weight excluding hydrogens is 375 g/mol. The molecule has 2 aromatic carbocycles. The highest BCUT2D eigenvalue weighted by Crippen LogP contribution is 2.36. The molecule has 0 unspecified atom stereocenters. The molecule has 10 heteroatoms. The van der Waals surface area contributed by atoms with E-state index in [0.717, 1.165) is 6.07 Å². The lowest BCUT2D eigenvalue weighted by atomic mass is 10.1. The minimum atomic E-state index is -4.50. The van der Waals surface area contributed by atoms with Crippen molar-refractivity contribution in [2.75, 3.05) is 24.9 Å². The lowest BCUT2D eigenvalue weighted by Crippen LogP contribution is -2.09. The number of hydrogen-bond acceptors (Lipinski definition) is 7. The van der Waals surface area contributed by atoms with Crippen LogP contribution >= 0.6 is 0 Å². The van der Waals surface area contributed by atoms with E-state index in [4.69, 9.17) is 9.47 Å². The Hall–Kier alpha value is -3.56. The maximum absolute atomic E-state index is 13.1. The molecule has 0 aliphatic rings. The predicted octanol–water partition coefficient (Wildman–Crippen LogP) is 4.39. The fraction of sp³-hybridized carbons (Fsp3) is 0.167. The van der Waals surface area contributed by atoms with Gasteiger partial charge in [-0.15, -0.1) is 5.10 Å². The van der Waals surface area contributed by atoms with Crippen molar-refractivity contribution in [3.63, 3.8) is 0 Å². The maximum atomic E-state index is 13.1. The van der Waals surface area contributed by atoms with Crippen LogP contribution in [0.25, 0.3) is 0 Å². The SMILES string of the molecule is COc1ccc(Nc2nncc(Nc3ccccc3C(F)(F)F)n2)c(OC)c1. The normalized spacial score (nSPS) is 11.0. The third-order valence-corrected chi connectivity index (χ3v) is 3.71. The average molecular weight is 391 g/mol. The predicted molar refractivity (Wildman–Crippen MR) is 97.4 cm³/mol. The quantitative estimate of drug-likeness (QED) is 0.645. The van der Waals surface area contributed by atoms with Crippen LogP contribution in [-0.2, 0) is 6.18 Å². The molecule has 3 aromatic rings. The molecule has 146 valence electrons. The second-order valence-corrected chi connectivity index (χ2v) is 5.52. The number of hydrogen-bond donors (Lipinski definition) is 2. The van der Waals surface area contributed by atoms with Gasteiger partial charge in [0.2, 0.25) is 5.95 Å². The summed E-state index contributed by atoms with van der Waals surface area (Å²) in [6.07, 6.45) is -3.27. The number of ether oxygens (including phenoxy) is 2. The zero-order valence-corrected chi connectivity index (χ0v) is 14.9. The van der Waals surface area contributed by atoms with Crippen molar-refractivity contribution in [1.29, 1.82) is 0 Å². The van der Waals surface area contributed by atoms with Gasteiger partial charge in [-0.25, -0.2) is 0 Å². The Kier molecular flexibility index (Phi) is 5.48. The van der Waals surface area contributed by atoms with Crippen molar-refractivity contribution in [3.05, 3.63) is 54.2 Å². The Morgan fingerprint density at radius 2 is 1.71 bits per heavy atom. The summed E-state index contributed by atoms with van der Waals surface area (Å²) in [5, 5.41) is 13.2. The standard InChI is InChI=1S/C18H16F3N5O2/c1-27-11-7-8-14(15(9-11)28-2)24-17-25-16(10-22-26-17)23-13-6-4-3-5-12(13)18(19,20)21/h3-10H,1-2H3,(H2,23,24,25,26). The third kappa shape index (κ3) is 4.40. The first-order valence-electron chi connectivity index (χ1n) is 8.02. The second-order valence-electron chi connectivity index (χ2n) is 5.52. The van der Waals surface area contributed by atoms with Crippen molar-refractivity contribution >= 4 is 23.1 Å². The fourth-order valence-corrected chi connectivity index (χ4v) is 2.42. The highest BCUT2D eigenvalue weighted by atomic mass is 19.4. The Bertz CT molecular complexity index is 966. The number of methoxy groups -OCH3 is 2. The summed E-state index contributed by atoms with van der Waals surface area (Å²) >= 11 is 0. The Morgan fingerprint density at radius 3 is 2.43 bits per heavy atom. The number of rotatable bonds is 6. The number of nitrogens with one attached hydrogen (secondary N) is 2. The van der Waals surface area contributed by atoms with Gasteiger partial charge in [-0.05, 0) is 24.3 Å². The van der Waals surface area contributed by atoms with Gasteiger partial charge in [0.1, 0.15) is 11.5 Å². The lowest BCUT2D eigenvalue weighted by molar-refractivity contribution is -0.136. The van der Waals surface area contributed by atoms with Gasteiger partial charge in [-0.3, -0.25) is 0 Å². The highest BCUT2D eigenvalue weighted by molar-refractivity contribution is 5.66. The van der Waals surface area contributed by atoms with Crippen LogP contribution in [0.15, 0.2) is 48.7 Å². The zero-order valence-electron chi connectivity index (χ0n) is 14.9. The Morgan fingerprint density at radius 1 is 0.929 bits per heavy atom. The first-order chi connectivity index (χ1) is 13.4. The van der Waals surface area contributed by atoms with Gasteiger partial charge in [-0.2, -0.15) is 23.3 Å². The number of anilines is 4. The van der Waals surface area contributed by atoms with Gasteiger partial charge < -0.3 is 20.1 Å². The van der Waals surface area contributed by atoms with Crippen LogP contribution in [0.3, 0.4) is 0 Å². The van der Waals surface area contributed by atoms with E-state index >= 15 is 0 Å². The maximum Gasteiger partial charge on any atom is 0.418 e. The van der Waals surface area contributed by atoms with Crippen LogP contribution in [0.4, 0.5) is 36.3 Å². The first kappa shape index (κ1) is 19.2. The van der Waals surface area contributed by atoms with Gasteiger partial charge in [0, 0.05) is 6.07 Å². The van der Waals surface area contributed by atoms with Crippen molar-refractivity contribution in [2.24, 2.45) is 0 Å². The lowest BCUT2D eigenvalue weighted by Gasteiger charge is -2.14. The summed E-state index contributed by atoms with van der Waals surface area (Å²) in [5.41, 5.74) is -0.402. The summed E-state index contributed by atoms with van der Waals surface area (Å²) < 4.78 is 49.8. The molecular formula is C18H16F3N5O2. The smallest absolute Gasteiger partial charge is 0.418 e. The van der Waals surface area contributed by atoms with Crippen molar-refractivity contribution in [3.8, 4) is 11.5 Å². The molecule has 2 N–H and O–H groups in total. The van der Waals surface area contributed by atoms with E-state index in [1.807, 2.05) is 0 Å². The molecule has 7 nitrogen and oxygen atoms in total. The monoisotopic (exact) mass is 391 g/mol. The summed E-state index contributed by atoms with van der Waals surface area (Å²) in [7, 11) is 3.02. The van der Waals surface area contributed by atoms with Gasteiger partial charge in [-0.1, -0.05) is 12.1 Å². The largest absolute Gasteiger partial charge is 0.497 e. The molecule has 1 aromatic heterocycles. The minimum Gasteiger partial charge on any atom is -0.497 e. The third-order valence-electron chi connectivity index (χ3n) is 3.71. The molecule has 0 amide bonds. The van der Waals surface area contributed by atoms with Crippen LogP contribution < -0.4 is 20.1 Å². The molecule has 0 aliphatic carbocycles. The van der Waals surface area contributed by atoms with E-state index in [9.17, 15) is 13.2 Å². The van der Waals surface area contributed by atoms with E-state index < -0.39 is 11.7 Å². The summed E-state index contributed by atoms with van der Waals surface area (Å²) in [6, 6.07) is 10.2. The molecule has 0 saturated heterocycles. The van der Waals surface area contributed by atoms with E-state index in [1.165, 1.54) is 38.6 Å². The molecule has 0 fully saturated rings. The molecule has 0 saturated carbocycles. The molecule has 28 heavy (non-hydrogen) atoms. The molecule has 3 rings (SSSR count). The summed E-state index contributed by atoms with van der Waals surface area (Å²) in [5.74, 6) is 1.25. The van der Waals surface area contributed by atoms with Crippen molar-refractivity contribution in [1.82, 2.24) is 15.2 Å². The van der Waals surface area contributed by atoms with E-state index in [-0.39, 0.29) is 17.5 Å². The number of alkyl halides is 3. The number of aromatic nitrogens is 3. The molecule has 0 aliphatic heterocycles. The summed E-state index contributed by atoms with van der Waals surface area (Å²) in [6.45, 7) is 0. The van der Waals surface area contributed by atoms with Crippen LogP contribution in [0.1, 0.15) is 5.56 Å². The molecule has 0 bridgehead atoms. The second kappa shape index (κ2) is 7.99. The van der Waals surface area contributed by atoms with Crippen molar-refractivity contribution in [2.45, 2.75) is 6.18 Å². The Balaban J connectivity index is 1.85.